The number of nitrogens with zero attached hydrogens (tertiary/aromatic N) is 1. The Hall–Kier alpha value is -1.06. The van der Waals surface area contributed by atoms with E-state index in [9.17, 15) is 4.79 Å². The number of hydrogen-bond donors (Lipinski definition) is 1. The van der Waals surface area contributed by atoms with Gasteiger partial charge < -0.3 is 10.2 Å². The zero-order valence-electron chi connectivity index (χ0n) is 13.9. The van der Waals surface area contributed by atoms with E-state index in [4.69, 9.17) is 11.6 Å². The van der Waals surface area contributed by atoms with Gasteiger partial charge in [0.2, 0.25) is 5.91 Å². The highest BCUT2D eigenvalue weighted by Gasteiger charge is 2.41. The molecule has 1 aromatic rings. The molecule has 23 heavy (non-hydrogen) atoms. The fraction of sp³-hybridized carbons (Fsp3) is 0.632. The molecule has 0 radical (unpaired) electrons. The number of carbonyl (C=O) groups excluding carboxylic acids is 1. The first-order chi connectivity index (χ1) is 10.9. The lowest BCUT2D eigenvalue weighted by atomic mass is 9.87. The first-order valence-corrected chi connectivity index (χ1v) is 9.17. The lowest BCUT2D eigenvalue weighted by molar-refractivity contribution is -0.119. The molecule has 3 heterocycles. The van der Waals surface area contributed by atoms with Crippen molar-refractivity contribution in [2.24, 2.45) is 5.92 Å². The van der Waals surface area contributed by atoms with Crippen LogP contribution in [0.2, 0.25) is 5.02 Å². The highest BCUT2D eigenvalue weighted by atomic mass is 35.5. The predicted molar refractivity (Wildman–Crippen MR) is 94.1 cm³/mol. The van der Waals surface area contributed by atoms with Crippen LogP contribution in [0.15, 0.2) is 18.2 Å². The maximum Gasteiger partial charge on any atom is 0.227 e. The molecule has 3 aliphatic rings. The molecule has 2 unspecified atom stereocenters. The number of anilines is 1. The summed E-state index contributed by atoms with van der Waals surface area (Å²) in [6, 6.07) is 7.21. The van der Waals surface area contributed by atoms with Crippen molar-refractivity contribution in [3.63, 3.8) is 0 Å². The van der Waals surface area contributed by atoms with Crippen LogP contribution in [0.3, 0.4) is 0 Å². The van der Waals surface area contributed by atoms with E-state index >= 15 is 0 Å². The molecular formula is C19H25ClN2O. The minimum Gasteiger partial charge on any atom is -0.311 e. The fourth-order valence-electron chi connectivity index (χ4n) is 4.89. The van der Waals surface area contributed by atoms with E-state index in [-0.39, 0.29) is 11.3 Å². The number of fused-ring (bicyclic) bond motifs is 3. The molecule has 4 rings (SSSR count). The van der Waals surface area contributed by atoms with Gasteiger partial charge in [-0.25, -0.2) is 0 Å². The van der Waals surface area contributed by atoms with Crippen molar-refractivity contribution in [1.82, 2.24) is 5.32 Å². The molecule has 3 aliphatic heterocycles. The number of benzene rings is 1. The van der Waals surface area contributed by atoms with Crippen molar-refractivity contribution < 1.29 is 4.79 Å². The number of nitrogens with one attached hydrogen (secondary N) is 1. The Morgan fingerprint density at radius 2 is 2.00 bits per heavy atom. The average Bonchev–Trinajstić information content (AvgIpc) is 2.97. The van der Waals surface area contributed by atoms with Gasteiger partial charge in [-0.1, -0.05) is 31.5 Å². The molecule has 4 heteroatoms. The average molecular weight is 333 g/mol. The van der Waals surface area contributed by atoms with Crippen molar-refractivity contribution >= 4 is 23.2 Å². The molecule has 2 bridgehead atoms. The molecule has 1 amide bonds. The zero-order chi connectivity index (χ0) is 16.2. The van der Waals surface area contributed by atoms with E-state index in [0.717, 1.165) is 35.7 Å². The Bertz CT molecular complexity index is 630. The third-order valence-corrected chi connectivity index (χ3v) is 6.16. The van der Waals surface area contributed by atoms with Gasteiger partial charge in [-0.15, -0.1) is 0 Å². The lowest BCUT2D eigenvalue weighted by Crippen LogP contribution is -2.41. The van der Waals surface area contributed by atoms with Crippen LogP contribution in [-0.2, 0) is 10.2 Å². The molecule has 0 aliphatic carbocycles. The molecule has 1 N–H and O–H groups in total. The van der Waals surface area contributed by atoms with Crippen LogP contribution in [0.5, 0.6) is 0 Å². The van der Waals surface area contributed by atoms with Crippen molar-refractivity contribution in [2.45, 2.75) is 63.5 Å². The van der Waals surface area contributed by atoms with Crippen LogP contribution in [0.1, 0.15) is 51.5 Å². The number of hydrogen-bond acceptors (Lipinski definition) is 2. The number of amides is 1. The molecule has 2 saturated heterocycles. The first-order valence-electron chi connectivity index (χ1n) is 8.79. The van der Waals surface area contributed by atoms with E-state index in [1.807, 2.05) is 23.1 Å². The first kappa shape index (κ1) is 15.5. The second-order valence-corrected chi connectivity index (χ2v) is 8.58. The zero-order valence-corrected chi connectivity index (χ0v) is 14.7. The molecule has 0 aromatic heterocycles. The van der Waals surface area contributed by atoms with E-state index in [1.165, 1.54) is 12.8 Å². The normalized spacial score (nSPS) is 31.3. The fourth-order valence-corrected chi connectivity index (χ4v) is 5.31. The summed E-state index contributed by atoms with van der Waals surface area (Å²) in [6.07, 6.45) is 5.55. The second-order valence-electron chi connectivity index (χ2n) is 8.18. The Morgan fingerprint density at radius 1 is 1.30 bits per heavy atom. The van der Waals surface area contributed by atoms with Crippen LogP contribution in [0.4, 0.5) is 5.69 Å². The number of carbonyl (C=O) groups is 1. The van der Waals surface area contributed by atoms with Crippen LogP contribution in [0, 0.1) is 5.92 Å². The van der Waals surface area contributed by atoms with E-state index in [0.29, 0.717) is 24.4 Å². The van der Waals surface area contributed by atoms with Gasteiger partial charge in [0.15, 0.2) is 0 Å². The standard InChI is InChI=1S/C19H25ClN2O/c1-19(2)11-22(16-5-3-4-15(20)18(16)19)17(23)10-12-8-13-6-7-14(9-12)21-13/h3-5,12-14,21H,6-11H2,1-2H3. The van der Waals surface area contributed by atoms with Gasteiger partial charge in [-0.2, -0.15) is 0 Å². The SMILES string of the molecule is CC1(C)CN(C(=O)CC2CC3CCC(C2)N3)c2cccc(Cl)c21. The molecule has 1 aromatic carbocycles. The van der Waals surface area contributed by atoms with Gasteiger partial charge in [-0.3, -0.25) is 4.79 Å². The van der Waals surface area contributed by atoms with Crippen LogP contribution in [-0.4, -0.2) is 24.5 Å². The summed E-state index contributed by atoms with van der Waals surface area (Å²) in [7, 11) is 0. The van der Waals surface area contributed by atoms with Crippen molar-refractivity contribution in [1.29, 1.82) is 0 Å². The Kier molecular flexibility index (Phi) is 3.69. The highest BCUT2D eigenvalue weighted by molar-refractivity contribution is 6.32. The van der Waals surface area contributed by atoms with Crippen LogP contribution < -0.4 is 10.2 Å². The van der Waals surface area contributed by atoms with Gasteiger partial charge in [-0.05, 0) is 43.7 Å². The van der Waals surface area contributed by atoms with Gasteiger partial charge in [0, 0.05) is 46.7 Å². The third kappa shape index (κ3) is 2.68. The quantitative estimate of drug-likeness (QED) is 0.891. The minimum absolute atomic E-state index is 0.0729. The summed E-state index contributed by atoms with van der Waals surface area (Å²) in [6.45, 7) is 5.09. The number of halogens is 1. The topological polar surface area (TPSA) is 32.3 Å². The third-order valence-electron chi connectivity index (χ3n) is 5.85. The van der Waals surface area contributed by atoms with Crippen molar-refractivity contribution in [2.75, 3.05) is 11.4 Å². The predicted octanol–water partition coefficient (Wildman–Crippen LogP) is 3.88. The van der Waals surface area contributed by atoms with E-state index in [1.54, 1.807) is 0 Å². The Labute approximate surface area is 143 Å². The van der Waals surface area contributed by atoms with Crippen molar-refractivity contribution in [3.05, 3.63) is 28.8 Å². The summed E-state index contributed by atoms with van der Waals surface area (Å²) in [5, 5.41) is 4.44. The second kappa shape index (κ2) is 5.49. The van der Waals surface area contributed by atoms with E-state index < -0.39 is 0 Å². The van der Waals surface area contributed by atoms with Crippen LogP contribution in [0.25, 0.3) is 0 Å². The Balaban J connectivity index is 1.53. The summed E-state index contributed by atoms with van der Waals surface area (Å²) in [5.41, 5.74) is 2.07. The highest BCUT2D eigenvalue weighted by Crippen LogP contribution is 2.45. The van der Waals surface area contributed by atoms with Crippen LogP contribution >= 0.6 is 11.6 Å². The molecule has 2 atom stereocenters. The van der Waals surface area contributed by atoms with Gasteiger partial charge in [0.25, 0.3) is 0 Å². The summed E-state index contributed by atoms with van der Waals surface area (Å²) in [5.74, 6) is 0.804. The Morgan fingerprint density at radius 3 is 2.70 bits per heavy atom. The molecule has 0 spiro atoms. The molecule has 2 fully saturated rings. The smallest absolute Gasteiger partial charge is 0.227 e. The summed E-state index contributed by atoms with van der Waals surface area (Å²) in [4.78, 5) is 14.9. The van der Waals surface area contributed by atoms with Gasteiger partial charge in [0.05, 0.1) is 0 Å². The lowest BCUT2D eigenvalue weighted by Gasteiger charge is -2.30. The molecule has 124 valence electrons. The maximum absolute atomic E-state index is 13.0. The summed E-state index contributed by atoms with van der Waals surface area (Å²) < 4.78 is 0. The molecular weight excluding hydrogens is 308 g/mol. The monoisotopic (exact) mass is 332 g/mol. The van der Waals surface area contributed by atoms with Gasteiger partial charge in [0.1, 0.15) is 0 Å². The van der Waals surface area contributed by atoms with Gasteiger partial charge >= 0.3 is 0 Å². The maximum atomic E-state index is 13.0. The molecule has 0 saturated carbocycles. The number of rotatable bonds is 2. The summed E-state index contributed by atoms with van der Waals surface area (Å²) >= 11 is 6.42. The molecule has 3 nitrogen and oxygen atoms in total. The van der Waals surface area contributed by atoms with Crippen molar-refractivity contribution in [3.8, 4) is 0 Å². The number of piperidine rings is 1. The minimum atomic E-state index is -0.0729. The van der Waals surface area contributed by atoms with E-state index in [2.05, 4.69) is 19.2 Å². The largest absolute Gasteiger partial charge is 0.311 e.